The van der Waals surface area contributed by atoms with Crippen LogP contribution in [0.1, 0.15) is 13.3 Å². The van der Waals surface area contributed by atoms with Gasteiger partial charge in [0.1, 0.15) is 5.75 Å². The van der Waals surface area contributed by atoms with Gasteiger partial charge in [-0.05, 0) is 30.7 Å². The Morgan fingerprint density at radius 2 is 2.00 bits per heavy atom. The van der Waals surface area contributed by atoms with E-state index in [4.69, 9.17) is 10.5 Å². The number of rotatable bonds is 5. The molecule has 0 unspecified atom stereocenters. The van der Waals surface area contributed by atoms with Gasteiger partial charge in [0.25, 0.3) is 0 Å². The molecule has 1 rings (SSSR count). The summed E-state index contributed by atoms with van der Waals surface area (Å²) < 4.78 is 5.06. The van der Waals surface area contributed by atoms with Gasteiger partial charge in [0, 0.05) is 18.3 Å². The number of benzene rings is 1. The lowest BCUT2D eigenvalue weighted by molar-refractivity contribution is 0.415. The highest BCUT2D eigenvalue weighted by atomic mass is 16.5. The lowest BCUT2D eigenvalue weighted by Crippen LogP contribution is -2.27. The molecular weight excluding hydrogens is 176 g/mol. The monoisotopic (exact) mass is 194 g/mol. The average Bonchev–Trinajstić information content (AvgIpc) is 2.26. The Labute approximate surface area is 85.3 Å². The Kier molecular flexibility index (Phi) is 4.26. The van der Waals surface area contributed by atoms with Gasteiger partial charge in [-0.25, -0.2) is 0 Å². The Morgan fingerprint density at radius 1 is 1.36 bits per heavy atom. The minimum absolute atomic E-state index is 0.220. The minimum atomic E-state index is 0.220. The maximum Gasteiger partial charge on any atom is 0.119 e. The molecule has 0 saturated heterocycles. The first-order chi connectivity index (χ1) is 6.76. The van der Waals surface area contributed by atoms with Crippen molar-refractivity contribution >= 4 is 5.69 Å². The van der Waals surface area contributed by atoms with E-state index in [0.717, 1.165) is 24.4 Å². The molecule has 1 aromatic carbocycles. The zero-order valence-electron chi connectivity index (χ0n) is 8.79. The highest BCUT2D eigenvalue weighted by Crippen LogP contribution is 2.14. The molecule has 0 bridgehead atoms. The summed E-state index contributed by atoms with van der Waals surface area (Å²) in [6.07, 6.45) is 0.989. The van der Waals surface area contributed by atoms with Gasteiger partial charge in [-0.1, -0.05) is 6.92 Å². The van der Waals surface area contributed by atoms with Gasteiger partial charge < -0.3 is 15.8 Å². The van der Waals surface area contributed by atoms with Crippen molar-refractivity contribution in [3.63, 3.8) is 0 Å². The number of hydrogen-bond donors (Lipinski definition) is 2. The molecule has 0 aromatic heterocycles. The summed E-state index contributed by atoms with van der Waals surface area (Å²) in [5.41, 5.74) is 6.87. The van der Waals surface area contributed by atoms with E-state index in [-0.39, 0.29) is 6.04 Å². The Bertz CT molecular complexity index is 258. The van der Waals surface area contributed by atoms with E-state index in [1.807, 2.05) is 24.3 Å². The summed E-state index contributed by atoms with van der Waals surface area (Å²) in [6, 6.07) is 8.05. The van der Waals surface area contributed by atoms with E-state index >= 15 is 0 Å². The number of hydrogen-bond acceptors (Lipinski definition) is 3. The fourth-order valence-corrected chi connectivity index (χ4v) is 1.10. The van der Waals surface area contributed by atoms with Crippen molar-refractivity contribution in [2.24, 2.45) is 5.73 Å². The quantitative estimate of drug-likeness (QED) is 0.752. The van der Waals surface area contributed by atoms with Crippen molar-refractivity contribution in [1.29, 1.82) is 0 Å². The first-order valence-corrected chi connectivity index (χ1v) is 4.89. The molecule has 3 heteroatoms. The second-order valence-electron chi connectivity index (χ2n) is 3.28. The summed E-state index contributed by atoms with van der Waals surface area (Å²) in [6.45, 7) is 2.89. The van der Waals surface area contributed by atoms with Crippen LogP contribution in [0.15, 0.2) is 24.3 Å². The smallest absolute Gasteiger partial charge is 0.119 e. The molecule has 3 nitrogen and oxygen atoms in total. The van der Waals surface area contributed by atoms with Crippen molar-refractivity contribution in [3.05, 3.63) is 24.3 Å². The van der Waals surface area contributed by atoms with E-state index in [0.29, 0.717) is 0 Å². The van der Waals surface area contributed by atoms with Crippen LogP contribution in [-0.4, -0.2) is 19.7 Å². The molecule has 0 aliphatic heterocycles. The molecular formula is C11H18N2O. The molecule has 0 fully saturated rings. The van der Waals surface area contributed by atoms with Gasteiger partial charge in [-0.15, -0.1) is 0 Å². The van der Waals surface area contributed by atoms with Gasteiger partial charge in [0.15, 0.2) is 0 Å². The molecule has 0 heterocycles. The molecule has 0 saturated carbocycles. The average molecular weight is 194 g/mol. The van der Waals surface area contributed by atoms with Crippen LogP contribution < -0.4 is 15.8 Å². The third kappa shape index (κ3) is 3.26. The van der Waals surface area contributed by atoms with E-state index in [9.17, 15) is 0 Å². The molecule has 0 radical (unpaired) electrons. The standard InChI is InChI=1S/C11H18N2O/c1-3-9(12)8-13-10-4-6-11(14-2)7-5-10/h4-7,9,13H,3,8,12H2,1-2H3/t9-/m0/s1. The summed E-state index contributed by atoms with van der Waals surface area (Å²) in [7, 11) is 1.66. The van der Waals surface area contributed by atoms with Gasteiger partial charge in [0.05, 0.1) is 7.11 Å². The predicted molar refractivity (Wildman–Crippen MR) is 59.8 cm³/mol. The van der Waals surface area contributed by atoms with E-state index < -0.39 is 0 Å². The topological polar surface area (TPSA) is 47.3 Å². The van der Waals surface area contributed by atoms with E-state index in [2.05, 4.69) is 12.2 Å². The lowest BCUT2D eigenvalue weighted by Gasteiger charge is -2.11. The molecule has 14 heavy (non-hydrogen) atoms. The molecule has 1 aromatic rings. The molecule has 0 spiro atoms. The van der Waals surface area contributed by atoms with Crippen LogP contribution in [0.4, 0.5) is 5.69 Å². The van der Waals surface area contributed by atoms with Crippen molar-refractivity contribution < 1.29 is 4.74 Å². The van der Waals surface area contributed by atoms with Gasteiger partial charge in [-0.2, -0.15) is 0 Å². The third-order valence-electron chi connectivity index (χ3n) is 2.18. The predicted octanol–water partition coefficient (Wildman–Crippen LogP) is 1.84. The first-order valence-electron chi connectivity index (χ1n) is 4.89. The number of nitrogens with two attached hydrogens (primary N) is 1. The maximum absolute atomic E-state index is 5.79. The SMILES string of the molecule is CC[C@H](N)CNc1ccc(OC)cc1. The summed E-state index contributed by atoms with van der Waals surface area (Å²) in [5.74, 6) is 0.871. The van der Waals surface area contributed by atoms with Crippen molar-refractivity contribution in [2.45, 2.75) is 19.4 Å². The van der Waals surface area contributed by atoms with E-state index in [1.165, 1.54) is 0 Å². The highest BCUT2D eigenvalue weighted by Gasteiger charge is 1.98. The van der Waals surface area contributed by atoms with Crippen LogP contribution in [0.25, 0.3) is 0 Å². The largest absolute Gasteiger partial charge is 0.497 e. The third-order valence-corrected chi connectivity index (χ3v) is 2.18. The number of anilines is 1. The number of ether oxygens (including phenoxy) is 1. The maximum atomic E-state index is 5.79. The lowest BCUT2D eigenvalue weighted by atomic mass is 10.2. The Balaban J connectivity index is 2.43. The fourth-order valence-electron chi connectivity index (χ4n) is 1.10. The van der Waals surface area contributed by atoms with Crippen LogP contribution in [0.5, 0.6) is 5.75 Å². The molecule has 0 aliphatic rings. The Morgan fingerprint density at radius 3 is 2.50 bits per heavy atom. The second kappa shape index (κ2) is 5.50. The van der Waals surface area contributed by atoms with Crippen LogP contribution in [0, 0.1) is 0 Å². The molecule has 78 valence electrons. The molecule has 0 amide bonds. The van der Waals surface area contributed by atoms with Crippen LogP contribution in [0.3, 0.4) is 0 Å². The minimum Gasteiger partial charge on any atom is -0.497 e. The molecule has 1 atom stereocenters. The zero-order valence-corrected chi connectivity index (χ0v) is 8.79. The van der Waals surface area contributed by atoms with Gasteiger partial charge in [0.2, 0.25) is 0 Å². The molecule has 0 aliphatic carbocycles. The van der Waals surface area contributed by atoms with Crippen molar-refractivity contribution in [3.8, 4) is 5.75 Å². The first kappa shape index (κ1) is 10.9. The Hall–Kier alpha value is -1.22. The van der Waals surface area contributed by atoms with Crippen molar-refractivity contribution in [2.75, 3.05) is 19.0 Å². The summed E-state index contributed by atoms with van der Waals surface area (Å²) >= 11 is 0. The van der Waals surface area contributed by atoms with Crippen LogP contribution in [-0.2, 0) is 0 Å². The second-order valence-corrected chi connectivity index (χ2v) is 3.28. The molecule has 3 N–H and O–H groups in total. The van der Waals surface area contributed by atoms with Crippen molar-refractivity contribution in [1.82, 2.24) is 0 Å². The van der Waals surface area contributed by atoms with E-state index in [1.54, 1.807) is 7.11 Å². The number of nitrogens with one attached hydrogen (secondary N) is 1. The van der Waals surface area contributed by atoms with Gasteiger partial charge in [-0.3, -0.25) is 0 Å². The normalized spacial score (nSPS) is 12.2. The zero-order chi connectivity index (χ0) is 10.4. The summed E-state index contributed by atoms with van der Waals surface area (Å²) in [4.78, 5) is 0. The fraction of sp³-hybridized carbons (Fsp3) is 0.455. The number of methoxy groups -OCH3 is 1. The van der Waals surface area contributed by atoms with Gasteiger partial charge >= 0.3 is 0 Å². The summed E-state index contributed by atoms with van der Waals surface area (Å²) in [5, 5.41) is 3.27. The van der Waals surface area contributed by atoms with Crippen LogP contribution >= 0.6 is 0 Å². The van der Waals surface area contributed by atoms with Crippen LogP contribution in [0.2, 0.25) is 0 Å². The highest BCUT2D eigenvalue weighted by molar-refractivity contribution is 5.46.